The van der Waals surface area contributed by atoms with Crippen molar-refractivity contribution in [3.8, 4) is 0 Å². The van der Waals surface area contributed by atoms with E-state index in [-0.39, 0.29) is 34.3 Å². The quantitative estimate of drug-likeness (QED) is 0.250. The summed E-state index contributed by atoms with van der Waals surface area (Å²) in [5.41, 5.74) is 0.817. The van der Waals surface area contributed by atoms with Crippen molar-refractivity contribution in [2.45, 2.75) is 26.7 Å². The van der Waals surface area contributed by atoms with Crippen LogP contribution in [0.3, 0.4) is 0 Å². The van der Waals surface area contributed by atoms with Gasteiger partial charge in [-0.1, -0.05) is 26.0 Å². The van der Waals surface area contributed by atoms with E-state index < -0.39 is 11.8 Å². The third-order valence-electron chi connectivity index (χ3n) is 5.13. The minimum atomic E-state index is -0.483. The highest BCUT2D eigenvalue weighted by molar-refractivity contribution is 7.11. The fraction of sp³-hybridized carbons (Fsp3) is 0.214. The van der Waals surface area contributed by atoms with Crippen LogP contribution in [0.2, 0.25) is 0 Å². The molecule has 0 spiro atoms. The lowest BCUT2D eigenvalue weighted by atomic mass is 10.1. The van der Waals surface area contributed by atoms with Crippen LogP contribution in [0.5, 0.6) is 0 Å². The summed E-state index contributed by atoms with van der Waals surface area (Å²) in [6.45, 7) is 4.86. The molecule has 0 saturated carbocycles. The molecule has 1 aromatic carbocycles. The van der Waals surface area contributed by atoms with Crippen LogP contribution in [0.1, 0.15) is 57.2 Å². The molecule has 3 rings (SSSR count). The zero-order valence-electron chi connectivity index (χ0n) is 21.2. The van der Waals surface area contributed by atoms with E-state index in [0.29, 0.717) is 13.1 Å². The molecule has 198 valence electrons. The molecule has 0 atom stereocenters. The molecule has 0 radical (unpaired) electrons. The molecular formula is C28H30N4O4S2. The predicted molar refractivity (Wildman–Crippen MR) is 153 cm³/mol. The number of hydrogen-bond acceptors (Lipinski definition) is 6. The van der Waals surface area contributed by atoms with Gasteiger partial charge in [-0.25, -0.2) is 0 Å². The Morgan fingerprint density at radius 1 is 0.658 bits per heavy atom. The van der Waals surface area contributed by atoms with Crippen LogP contribution < -0.4 is 21.3 Å². The maximum atomic E-state index is 12.9. The van der Waals surface area contributed by atoms with E-state index >= 15 is 0 Å². The molecule has 10 heteroatoms. The van der Waals surface area contributed by atoms with Crippen LogP contribution in [-0.4, -0.2) is 36.7 Å². The van der Waals surface area contributed by atoms with E-state index in [1.54, 1.807) is 12.2 Å². The summed E-state index contributed by atoms with van der Waals surface area (Å²) in [5.74, 6) is -1.72. The Labute approximate surface area is 229 Å². The smallest absolute Gasteiger partial charge is 0.267 e. The van der Waals surface area contributed by atoms with Gasteiger partial charge in [0.2, 0.25) is 0 Å². The zero-order valence-corrected chi connectivity index (χ0v) is 22.8. The molecule has 4 N–H and O–H groups in total. The van der Waals surface area contributed by atoms with Gasteiger partial charge in [-0.15, -0.1) is 22.7 Å². The molecule has 4 amide bonds. The highest BCUT2D eigenvalue weighted by Crippen LogP contribution is 2.15. The topological polar surface area (TPSA) is 116 Å². The third kappa shape index (κ3) is 8.53. The van der Waals surface area contributed by atoms with Crippen molar-refractivity contribution in [2.24, 2.45) is 0 Å². The van der Waals surface area contributed by atoms with Crippen LogP contribution in [-0.2, 0) is 9.59 Å². The Bertz CT molecular complexity index is 1190. The molecule has 0 bridgehead atoms. The number of nitrogens with one attached hydrogen (secondary N) is 4. The van der Waals surface area contributed by atoms with Gasteiger partial charge in [0, 0.05) is 34.0 Å². The first kappa shape index (κ1) is 28.5. The number of carbonyl (C=O) groups is 4. The highest BCUT2D eigenvalue weighted by Gasteiger charge is 2.17. The van der Waals surface area contributed by atoms with E-state index in [2.05, 4.69) is 21.3 Å². The van der Waals surface area contributed by atoms with Crippen molar-refractivity contribution in [1.29, 1.82) is 0 Å². The number of thiophene rings is 2. The van der Waals surface area contributed by atoms with Gasteiger partial charge in [0.1, 0.15) is 11.4 Å². The van der Waals surface area contributed by atoms with Crippen LogP contribution >= 0.6 is 22.7 Å². The second-order valence-electron chi connectivity index (χ2n) is 8.14. The second kappa shape index (κ2) is 14.7. The van der Waals surface area contributed by atoms with E-state index in [9.17, 15) is 19.2 Å². The molecule has 0 aliphatic heterocycles. The van der Waals surface area contributed by atoms with E-state index in [0.717, 1.165) is 22.6 Å². The number of rotatable bonds is 12. The summed E-state index contributed by atoms with van der Waals surface area (Å²) >= 11 is 2.90. The zero-order chi connectivity index (χ0) is 27.3. The summed E-state index contributed by atoms with van der Waals surface area (Å²) in [6, 6.07) is 13.4. The van der Waals surface area contributed by atoms with E-state index in [1.807, 2.05) is 48.9 Å². The minimum absolute atomic E-state index is 0.133. The van der Waals surface area contributed by atoms with Crippen molar-refractivity contribution in [1.82, 2.24) is 21.3 Å². The van der Waals surface area contributed by atoms with Gasteiger partial charge < -0.3 is 21.3 Å². The highest BCUT2D eigenvalue weighted by atomic mass is 32.1. The summed E-state index contributed by atoms with van der Waals surface area (Å²) in [7, 11) is 0. The van der Waals surface area contributed by atoms with Crippen LogP contribution in [0.25, 0.3) is 12.2 Å². The van der Waals surface area contributed by atoms with Crippen molar-refractivity contribution < 1.29 is 19.2 Å². The van der Waals surface area contributed by atoms with Gasteiger partial charge in [0.05, 0.1) is 0 Å². The number of benzene rings is 1. The Kier molecular flexibility index (Phi) is 11.0. The normalized spacial score (nSPS) is 11.5. The van der Waals surface area contributed by atoms with Gasteiger partial charge in [0.25, 0.3) is 23.6 Å². The van der Waals surface area contributed by atoms with Gasteiger partial charge in [-0.2, -0.15) is 0 Å². The summed E-state index contributed by atoms with van der Waals surface area (Å²) in [5, 5.41) is 14.7. The lowest BCUT2D eigenvalue weighted by Gasteiger charge is -2.12. The molecule has 2 heterocycles. The molecule has 8 nitrogen and oxygen atoms in total. The SMILES string of the molecule is CCCNC(=O)/C(=C\c1cccs1)NC(=O)c1ccc(C(=O)N/C(=C/c2cccs2)C(=O)NCCC)cc1. The Morgan fingerprint density at radius 3 is 1.37 bits per heavy atom. The Balaban J connectivity index is 1.72. The van der Waals surface area contributed by atoms with Crippen molar-refractivity contribution in [3.05, 3.63) is 91.6 Å². The van der Waals surface area contributed by atoms with Crippen molar-refractivity contribution in [3.63, 3.8) is 0 Å². The van der Waals surface area contributed by atoms with Gasteiger partial charge in [-0.05, 0) is 72.2 Å². The van der Waals surface area contributed by atoms with Crippen LogP contribution in [0, 0.1) is 0 Å². The lowest BCUT2D eigenvalue weighted by Crippen LogP contribution is -2.35. The van der Waals surface area contributed by atoms with E-state index in [4.69, 9.17) is 0 Å². The minimum Gasteiger partial charge on any atom is -0.351 e. The lowest BCUT2D eigenvalue weighted by molar-refractivity contribution is -0.118. The molecule has 3 aromatic rings. The van der Waals surface area contributed by atoms with Crippen LogP contribution in [0.4, 0.5) is 0 Å². The maximum Gasteiger partial charge on any atom is 0.267 e. The molecule has 38 heavy (non-hydrogen) atoms. The molecule has 0 saturated heterocycles. The largest absolute Gasteiger partial charge is 0.351 e. The third-order valence-corrected chi connectivity index (χ3v) is 6.76. The molecule has 0 aliphatic carbocycles. The van der Waals surface area contributed by atoms with E-state index in [1.165, 1.54) is 46.9 Å². The first-order valence-electron chi connectivity index (χ1n) is 12.2. The fourth-order valence-corrected chi connectivity index (χ4v) is 4.49. The monoisotopic (exact) mass is 550 g/mol. The van der Waals surface area contributed by atoms with Gasteiger partial charge in [0.15, 0.2) is 0 Å². The first-order chi connectivity index (χ1) is 18.4. The van der Waals surface area contributed by atoms with Crippen molar-refractivity contribution in [2.75, 3.05) is 13.1 Å². The summed E-state index contributed by atoms with van der Waals surface area (Å²) < 4.78 is 0. The number of carbonyl (C=O) groups excluding carboxylic acids is 4. The fourth-order valence-electron chi connectivity index (χ4n) is 3.18. The second-order valence-corrected chi connectivity index (χ2v) is 10.1. The molecule has 0 unspecified atom stereocenters. The Morgan fingerprint density at radius 2 is 1.05 bits per heavy atom. The first-order valence-corrected chi connectivity index (χ1v) is 14.0. The molecule has 0 aliphatic rings. The number of amides is 4. The summed E-state index contributed by atoms with van der Waals surface area (Å²) in [4.78, 5) is 52.6. The predicted octanol–water partition coefficient (Wildman–Crippen LogP) is 4.40. The molecule has 2 aromatic heterocycles. The van der Waals surface area contributed by atoms with Crippen LogP contribution in [0.15, 0.2) is 70.7 Å². The van der Waals surface area contributed by atoms with Crippen molar-refractivity contribution >= 4 is 58.5 Å². The standard InChI is InChI=1S/C28H30N4O4S2/c1-3-13-29-27(35)23(17-21-7-5-15-37-21)31-25(33)19-9-11-20(12-10-19)26(34)32-24(28(36)30-14-4-2)18-22-8-6-16-38-22/h5-12,15-18H,3-4,13-14H2,1-2H3,(H,29,35)(H,30,36)(H,31,33)(H,32,34)/b23-17+,24-18+. The molecule has 0 fully saturated rings. The van der Waals surface area contributed by atoms with Gasteiger partial charge in [-0.3, -0.25) is 19.2 Å². The molecular weight excluding hydrogens is 520 g/mol. The maximum absolute atomic E-state index is 12.9. The average molecular weight is 551 g/mol. The average Bonchev–Trinajstić information content (AvgIpc) is 3.64. The van der Waals surface area contributed by atoms with Gasteiger partial charge >= 0.3 is 0 Å². The summed E-state index contributed by atoms with van der Waals surface area (Å²) in [6.07, 6.45) is 4.78. The Hall–Kier alpha value is -4.02. The number of hydrogen-bond donors (Lipinski definition) is 4.